The van der Waals surface area contributed by atoms with Crippen molar-refractivity contribution < 1.29 is 19.4 Å². The lowest BCUT2D eigenvalue weighted by Gasteiger charge is -2.05. The second-order valence-corrected chi connectivity index (χ2v) is 3.04. The quantitative estimate of drug-likeness (QED) is 0.449. The van der Waals surface area contributed by atoms with Gasteiger partial charge in [-0.25, -0.2) is 4.79 Å². The highest BCUT2D eigenvalue weighted by atomic mass is 16.5. The number of ether oxygens (including phenoxy) is 1. The summed E-state index contributed by atoms with van der Waals surface area (Å²) in [5.74, 6) is -1.10. The molecule has 1 heterocycles. The molecule has 0 radical (unpaired) electrons. The van der Waals surface area contributed by atoms with Crippen LogP contribution in [0, 0.1) is 0 Å². The third-order valence-corrected chi connectivity index (χ3v) is 1.84. The SMILES string of the molecule is C=C(O)C(=O)OCC.C=CN1CCCC1=O. The van der Waals surface area contributed by atoms with Gasteiger partial charge in [-0.3, -0.25) is 4.79 Å². The van der Waals surface area contributed by atoms with Crippen molar-refractivity contribution in [2.45, 2.75) is 19.8 Å². The van der Waals surface area contributed by atoms with Crippen molar-refractivity contribution in [2.75, 3.05) is 13.2 Å². The topological polar surface area (TPSA) is 66.8 Å². The Labute approximate surface area is 95.0 Å². The maximum absolute atomic E-state index is 10.7. The first kappa shape index (κ1) is 14.2. The number of rotatable bonds is 3. The Bertz CT molecular complexity index is 286. The molecule has 0 atom stereocenters. The molecule has 1 aliphatic rings. The van der Waals surface area contributed by atoms with Crippen LogP contribution in [0.2, 0.25) is 0 Å². The molecule has 0 bridgehead atoms. The Morgan fingerprint density at radius 3 is 2.50 bits per heavy atom. The van der Waals surface area contributed by atoms with Crippen LogP contribution in [0.15, 0.2) is 25.1 Å². The largest absolute Gasteiger partial charge is 0.502 e. The lowest BCUT2D eigenvalue weighted by molar-refractivity contribution is -0.141. The van der Waals surface area contributed by atoms with E-state index in [1.54, 1.807) is 18.0 Å². The Morgan fingerprint density at radius 1 is 1.69 bits per heavy atom. The lowest BCUT2D eigenvalue weighted by Crippen LogP contribution is -2.16. The second-order valence-electron chi connectivity index (χ2n) is 3.04. The van der Waals surface area contributed by atoms with Crippen LogP contribution < -0.4 is 0 Å². The summed E-state index contributed by atoms with van der Waals surface area (Å²) in [4.78, 5) is 22.5. The van der Waals surface area contributed by atoms with Crippen molar-refractivity contribution in [3.05, 3.63) is 25.1 Å². The molecule has 0 aliphatic carbocycles. The Kier molecular flexibility index (Phi) is 6.67. The maximum atomic E-state index is 10.7. The number of aliphatic hydroxyl groups is 1. The zero-order valence-electron chi connectivity index (χ0n) is 9.44. The molecule has 5 heteroatoms. The van der Waals surface area contributed by atoms with Gasteiger partial charge >= 0.3 is 5.97 Å². The predicted octanol–water partition coefficient (Wildman–Crippen LogP) is 1.37. The van der Waals surface area contributed by atoms with Crippen molar-refractivity contribution >= 4 is 11.9 Å². The average molecular weight is 227 g/mol. The van der Waals surface area contributed by atoms with Crippen LogP contribution in [0.3, 0.4) is 0 Å². The molecule has 0 aromatic heterocycles. The molecule has 90 valence electrons. The van der Waals surface area contributed by atoms with Crippen LogP contribution in [0.4, 0.5) is 0 Å². The van der Waals surface area contributed by atoms with Crippen LogP contribution >= 0.6 is 0 Å². The molecule has 5 nitrogen and oxygen atoms in total. The fourth-order valence-electron chi connectivity index (χ4n) is 1.08. The third-order valence-electron chi connectivity index (χ3n) is 1.84. The van der Waals surface area contributed by atoms with Gasteiger partial charge in [0.05, 0.1) is 6.61 Å². The van der Waals surface area contributed by atoms with Crippen LogP contribution in [0.1, 0.15) is 19.8 Å². The van der Waals surface area contributed by atoms with Crippen molar-refractivity contribution in [1.82, 2.24) is 4.90 Å². The monoisotopic (exact) mass is 227 g/mol. The molecule has 16 heavy (non-hydrogen) atoms. The van der Waals surface area contributed by atoms with Gasteiger partial charge in [-0.2, -0.15) is 0 Å². The predicted molar refractivity (Wildman–Crippen MR) is 59.5 cm³/mol. The van der Waals surface area contributed by atoms with Crippen LogP contribution in [-0.2, 0) is 14.3 Å². The number of carbonyl (C=O) groups excluding carboxylic acids is 2. The van der Waals surface area contributed by atoms with E-state index in [2.05, 4.69) is 17.9 Å². The Balaban J connectivity index is 0.000000281. The van der Waals surface area contributed by atoms with E-state index in [0.29, 0.717) is 6.42 Å². The zero-order chi connectivity index (χ0) is 12.6. The van der Waals surface area contributed by atoms with Gasteiger partial charge in [0.1, 0.15) is 0 Å². The summed E-state index contributed by atoms with van der Waals surface area (Å²) in [5.41, 5.74) is 0. The van der Waals surface area contributed by atoms with Gasteiger partial charge in [-0.15, -0.1) is 0 Å². The molecular weight excluding hydrogens is 210 g/mol. The van der Waals surface area contributed by atoms with E-state index in [4.69, 9.17) is 5.11 Å². The zero-order valence-corrected chi connectivity index (χ0v) is 9.44. The molecule has 1 fully saturated rings. The number of hydrogen-bond acceptors (Lipinski definition) is 4. The Hall–Kier alpha value is -1.78. The normalized spacial score (nSPS) is 13.8. The minimum Gasteiger partial charge on any atom is -0.502 e. The summed E-state index contributed by atoms with van der Waals surface area (Å²) in [6, 6.07) is 0. The number of aliphatic hydroxyl groups excluding tert-OH is 1. The molecule has 0 saturated carbocycles. The summed E-state index contributed by atoms with van der Waals surface area (Å²) >= 11 is 0. The number of hydrogen-bond donors (Lipinski definition) is 1. The molecule has 0 aromatic rings. The molecular formula is C11H17NO4. The van der Waals surface area contributed by atoms with E-state index in [1.165, 1.54) is 0 Å². The highest BCUT2D eigenvalue weighted by Gasteiger charge is 2.15. The Morgan fingerprint density at radius 2 is 2.31 bits per heavy atom. The minimum atomic E-state index is -0.757. The van der Waals surface area contributed by atoms with Gasteiger partial charge < -0.3 is 14.7 Å². The number of amides is 1. The van der Waals surface area contributed by atoms with E-state index in [1.807, 2.05) is 0 Å². The van der Waals surface area contributed by atoms with Crippen LogP contribution in [-0.4, -0.2) is 35.0 Å². The fourth-order valence-corrected chi connectivity index (χ4v) is 1.08. The van der Waals surface area contributed by atoms with Crippen LogP contribution in [0.25, 0.3) is 0 Å². The summed E-state index contributed by atoms with van der Waals surface area (Å²) in [6.45, 7) is 9.23. The number of likely N-dealkylation sites (tertiary alicyclic amines) is 1. The summed E-state index contributed by atoms with van der Waals surface area (Å²) in [5, 5.41) is 8.28. The molecule has 1 aliphatic heterocycles. The van der Waals surface area contributed by atoms with Gasteiger partial charge in [0, 0.05) is 13.0 Å². The first-order valence-corrected chi connectivity index (χ1v) is 5.00. The summed E-state index contributed by atoms with van der Waals surface area (Å²) in [6.07, 6.45) is 3.28. The molecule has 0 aromatic carbocycles. The van der Waals surface area contributed by atoms with Crippen molar-refractivity contribution in [1.29, 1.82) is 0 Å². The standard InChI is InChI=1S/C6H9NO.C5H8O3/c1-2-7-5-3-4-6(7)8;1-3-8-5(7)4(2)6/h2H,1,3-5H2;6H,2-3H2,1H3. The number of nitrogens with zero attached hydrogens (tertiary/aromatic N) is 1. The molecule has 0 spiro atoms. The molecule has 1 amide bonds. The van der Waals surface area contributed by atoms with Crippen molar-refractivity contribution in [3.8, 4) is 0 Å². The smallest absolute Gasteiger partial charge is 0.372 e. The van der Waals surface area contributed by atoms with Gasteiger partial charge in [0.2, 0.25) is 5.91 Å². The highest BCUT2D eigenvalue weighted by molar-refractivity contribution is 5.84. The van der Waals surface area contributed by atoms with Gasteiger partial charge in [0.25, 0.3) is 0 Å². The van der Waals surface area contributed by atoms with E-state index in [-0.39, 0.29) is 12.5 Å². The first-order chi connectivity index (χ1) is 7.52. The summed E-state index contributed by atoms with van der Waals surface area (Å²) in [7, 11) is 0. The van der Waals surface area contributed by atoms with Gasteiger partial charge in [0.15, 0.2) is 5.76 Å². The molecule has 0 unspecified atom stereocenters. The molecule has 1 N–H and O–H groups in total. The van der Waals surface area contributed by atoms with Crippen molar-refractivity contribution in [3.63, 3.8) is 0 Å². The number of esters is 1. The van der Waals surface area contributed by atoms with E-state index >= 15 is 0 Å². The van der Waals surface area contributed by atoms with Crippen LogP contribution in [0.5, 0.6) is 0 Å². The first-order valence-electron chi connectivity index (χ1n) is 5.00. The van der Waals surface area contributed by atoms with E-state index in [9.17, 15) is 9.59 Å². The summed E-state index contributed by atoms with van der Waals surface area (Å²) < 4.78 is 4.31. The van der Waals surface area contributed by atoms with Gasteiger partial charge in [-0.1, -0.05) is 6.58 Å². The lowest BCUT2D eigenvalue weighted by atomic mass is 10.4. The van der Waals surface area contributed by atoms with E-state index < -0.39 is 11.7 Å². The highest BCUT2D eigenvalue weighted by Crippen LogP contribution is 2.08. The molecule has 1 saturated heterocycles. The second kappa shape index (κ2) is 7.50. The average Bonchev–Trinajstić information content (AvgIpc) is 2.65. The maximum Gasteiger partial charge on any atom is 0.372 e. The number of carbonyl (C=O) groups is 2. The molecule has 1 rings (SSSR count). The van der Waals surface area contributed by atoms with Gasteiger partial charge in [-0.05, 0) is 26.1 Å². The van der Waals surface area contributed by atoms with E-state index in [0.717, 1.165) is 13.0 Å². The van der Waals surface area contributed by atoms with Crippen molar-refractivity contribution in [2.24, 2.45) is 0 Å². The fraction of sp³-hybridized carbons (Fsp3) is 0.455. The minimum absolute atomic E-state index is 0.208. The third kappa shape index (κ3) is 5.19.